The van der Waals surface area contributed by atoms with Crippen LogP contribution in [0.25, 0.3) is 0 Å². The van der Waals surface area contributed by atoms with E-state index in [1.807, 2.05) is 19.1 Å². The van der Waals surface area contributed by atoms with Crippen molar-refractivity contribution in [2.24, 2.45) is 4.99 Å². The summed E-state index contributed by atoms with van der Waals surface area (Å²) in [6.45, 7) is 8.51. The fourth-order valence-electron chi connectivity index (χ4n) is 2.41. The first-order chi connectivity index (χ1) is 11.8. The summed E-state index contributed by atoms with van der Waals surface area (Å²) in [6.07, 6.45) is 3.00. The van der Waals surface area contributed by atoms with Crippen molar-refractivity contribution in [2.45, 2.75) is 33.1 Å². The average Bonchev–Trinajstić information content (AvgIpc) is 3.05. The summed E-state index contributed by atoms with van der Waals surface area (Å²) < 4.78 is 16.1. The third kappa shape index (κ3) is 6.28. The van der Waals surface area contributed by atoms with Gasteiger partial charge >= 0.3 is 0 Å². The van der Waals surface area contributed by atoms with Crippen molar-refractivity contribution in [1.82, 2.24) is 10.6 Å². The highest BCUT2D eigenvalue weighted by molar-refractivity contribution is 5.79. The van der Waals surface area contributed by atoms with E-state index in [1.54, 1.807) is 0 Å². The zero-order valence-electron chi connectivity index (χ0n) is 14.8. The molecule has 0 saturated carbocycles. The molecule has 1 aliphatic heterocycles. The van der Waals surface area contributed by atoms with E-state index >= 15 is 0 Å². The lowest BCUT2D eigenvalue weighted by Crippen LogP contribution is -2.38. The second kappa shape index (κ2) is 10.8. The van der Waals surface area contributed by atoms with Gasteiger partial charge < -0.3 is 24.8 Å². The molecule has 24 heavy (non-hydrogen) atoms. The number of hydrogen-bond donors (Lipinski definition) is 2. The zero-order valence-corrected chi connectivity index (χ0v) is 14.8. The molecule has 1 aromatic rings. The van der Waals surface area contributed by atoms with E-state index in [0.29, 0.717) is 6.79 Å². The van der Waals surface area contributed by atoms with Crippen LogP contribution in [0.2, 0.25) is 0 Å². The topological polar surface area (TPSA) is 64.1 Å². The Balaban J connectivity index is 1.70. The Kier molecular flexibility index (Phi) is 8.24. The van der Waals surface area contributed by atoms with Crippen molar-refractivity contribution in [2.75, 3.05) is 39.6 Å². The Morgan fingerprint density at radius 2 is 2.04 bits per heavy atom. The third-order valence-corrected chi connectivity index (χ3v) is 3.66. The van der Waals surface area contributed by atoms with E-state index in [1.165, 1.54) is 5.56 Å². The highest BCUT2D eigenvalue weighted by Gasteiger charge is 2.12. The van der Waals surface area contributed by atoms with Crippen molar-refractivity contribution in [3.05, 3.63) is 23.8 Å². The van der Waals surface area contributed by atoms with Gasteiger partial charge in [-0.2, -0.15) is 0 Å². The molecule has 1 heterocycles. The molecule has 0 radical (unpaired) electrons. The molecule has 0 aliphatic carbocycles. The lowest BCUT2D eigenvalue weighted by atomic mass is 10.1. The van der Waals surface area contributed by atoms with Crippen molar-refractivity contribution in [3.8, 4) is 11.5 Å². The standard InChI is InChI=1S/C18H29N3O3/c1-3-19-18(20-10-5-6-12-22-4-2)21-11-9-15-7-8-16-17(13-15)24-14-23-16/h7-8,13H,3-6,9-12,14H2,1-2H3,(H2,19,20,21). The van der Waals surface area contributed by atoms with Crippen LogP contribution in [-0.2, 0) is 11.2 Å². The summed E-state index contributed by atoms with van der Waals surface area (Å²) in [5.41, 5.74) is 1.22. The number of benzene rings is 1. The van der Waals surface area contributed by atoms with E-state index in [-0.39, 0.29) is 0 Å². The van der Waals surface area contributed by atoms with Crippen molar-refractivity contribution >= 4 is 5.96 Å². The predicted octanol–water partition coefficient (Wildman–Crippen LogP) is 2.33. The van der Waals surface area contributed by atoms with E-state index in [9.17, 15) is 0 Å². The number of ether oxygens (including phenoxy) is 3. The molecule has 2 N–H and O–H groups in total. The number of rotatable bonds is 10. The Hall–Kier alpha value is -1.95. The van der Waals surface area contributed by atoms with Crippen LogP contribution in [0.5, 0.6) is 11.5 Å². The number of hydrogen-bond acceptors (Lipinski definition) is 4. The van der Waals surface area contributed by atoms with Gasteiger partial charge in [0.1, 0.15) is 0 Å². The summed E-state index contributed by atoms with van der Waals surface area (Å²) in [7, 11) is 0. The molecule has 1 aliphatic rings. The minimum Gasteiger partial charge on any atom is -0.454 e. The minimum atomic E-state index is 0.317. The molecule has 0 atom stereocenters. The molecule has 0 amide bonds. The van der Waals surface area contributed by atoms with Gasteiger partial charge in [-0.1, -0.05) is 6.07 Å². The summed E-state index contributed by atoms with van der Waals surface area (Å²) in [4.78, 5) is 4.59. The monoisotopic (exact) mass is 335 g/mol. The molecule has 1 aromatic carbocycles. The van der Waals surface area contributed by atoms with Gasteiger partial charge in [0.15, 0.2) is 17.5 Å². The SMILES string of the molecule is CCNC(=NCCCCOCC)NCCc1ccc2c(c1)OCO2. The molecular formula is C18H29N3O3. The van der Waals surface area contributed by atoms with Crippen LogP contribution in [0.15, 0.2) is 23.2 Å². The fourth-order valence-corrected chi connectivity index (χ4v) is 2.41. The molecule has 6 heteroatoms. The summed E-state index contributed by atoms with van der Waals surface area (Å²) >= 11 is 0. The fraction of sp³-hybridized carbons (Fsp3) is 0.611. The number of aliphatic imine (C=N–C) groups is 1. The molecule has 0 spiro atoms. The number of guanidine groups is 1. The summed E-state index contributed by atoms with van der Waals surface area (Å²) in [5, 5.41) is 6.65. The first kappa shape index (κ1) is 18.4. The van der Waals surface area contributed by atoms with Gasteiger partial charge in [-0.25, -0.2) is 0 Å². The lowest BCUT2D eigenvalue weighted by molar-refractivity contribution is 0.144. The van der Waals surface area contributed by atoms with Gasteiger partial charge in [-0.15, -0.1) is 0 Å². The maximum atomic E-state index is 5.41. The predicted molar refractivity (Wildman–Crippen MR) is 96.0 cm³/mol. The summed E-state index contributed by atoms with van der Waals surface area (Å²) in [5.74, 6) is 2.53. The average molecular weight is 335 g/mol. The van der Waals surface area contributed by atoms with Crippen molar-refractivity contribution in [1.29, 1.82) is 0 Å². The molecule has 0 fully saturated rings. The number of unbranched alkanes of at least 4 members (excludes halogenated alkanes) is 1. The molecule has 0 bridgehead atoms. The quantitative estimate of drug-likeness (QED) is 0.390. The summed E-state index contributed by atoms with van der Waals surface area (Å²) in [6, 6.07) is 6.09. The molecule has 0 aromatic heterocycles. The molecule has 6 nitrogen and oxygen atoms in total. The van der Waals surface area contributed by atoms with Gasteiger partial charge in [0.2, 0.25) is 6.79 Å². The molecule has 0 saturated heterocycles. The van der Waals surface area contributed by atoms with Crippen molar-refractivity contribution in [3.63, 3.8) is 0 Å². The van der Waals surface area contributed by atoms with Crippen LogP contribution < -0.4 is 20.1 Å². The van der Waals surface area contributed by atoms with Crippen LogP contribution in [0.1, 0.15) is 32.3 Å². The zero-order chi connectivity index (χ0) is 17.0. The van der Waals surface area contributed by atoms with Crippen LogP contribution in [-0.4, -0.2) is 45.6 Å². The number of nitrogens with zero attached hydrogens (tertiary/aromatic N) is 1. The van der Waals surface area contributed by atoms with Gasteiger partial charge in [-0.3, -0.25) is 4.99 Å². The molecule has 0 unspecified atom stereocenters. The highest BCUT2D eigenvalue weighted by Crippen LogP contribution is 2.32. The van der Waals surface area contributed by atoms with Gasteiger partial charge in [-0.05, 0) is 50.8 Å². The van der Waals surface area contributed by atoms with Crippen molar-refractivity contribution < 1.29 is 14.2 Å². The van der Waals surface area contributed by atoms with Gasteiger partial charge in [0.05, 0.1) is 0 Å². The Morgan fingerprint density at radius 3 is 2.88 bits per heavy atom. The highest BCUT2D eigenvalue weighted by atomic mass is 16.7. The lowest BCUT2D eigenvalue weighted by Gasteiger charge is -2.11. The first-order valence-electron chi connectivity index (χ1n) is 8.82. The normalized spacial score (nSPS) is 13.2. The largest absolute Gasteiger partial charge is 0.454 e. The Labute approximate surface area is 144 Å². The second-order valence-corrected chi connectivity index (χ2v) is 5.53. The van der Waals surface area contributed by atoms with E-state index in [4.69, 9.17) is 14.2 Å². The third-order valence-electron chi connectivity index (χ3n) is 3.66. The van der Waals surface area contributed by atoms with Gasteiger partial charge in [0.25, 0.3) is 0 Å². The van der Waals surface area contributed by atoms with E-state index in [0.717, 1.165) is 69.6 Å². The minimum absolute atomic E-state index is 0.317. The molecular weight excluding hydrogens is 306 g/mol. The molecule has 134 valence electrons. The van der Waals surface area contributed by atoms with E-state index in [2.05, 4.69) is 28.6 Å². The second-order valence-electron chi connectivity index (χ2n) is 5.53. The van der Waals surface area contributed by atoms with Gasteiger partial charge in [0, 0.05) is 32.8 Å². The first-order valence-corrected chi connectivity index (χ1v) is 8.82. The maximum Gasteiger partial charge on any atom is 0.231 e. The maximum absolute atomic E-state index is 5.41. The van der Waals surface area contributed by atoms with Crippen LogP contribution in [0.3, 0.4) is 0 Å². The number of fused-ring (bicyclic) bond motifs is 1. The molecule has 2 rings (SSSR count). The Morgan fingerprint density at radius 1 is 1.17 bits per heavy atom. The smallest absolute Gasteiger partial charge is 0.231 e. The number of nitrogens with one attached hydrogen (secondary N) is 2. The van der Waals surface area contributed by atoms with Crippen LogP contribution in [0, 0.1) is 0 Å². The van der Waals surface area contributed by atoms with Crippen LogP contribution >= 0.6 is 0 Å². The van der Waals surface area contributed by atoms with E-state index < -0.39 is 0 Å². The van der Waals surface area contributed by atoms with Crippen LogP contribution in [0.4, 0.5) is 0 Å². The Bertz CT molecular complexity index is 520.